The fraction of sp³-hybridized carbons (Fsp3) is 0.115. The highest BCUT2D eigenvalue weighted by Crippen LogP contribution is 2.39. The SMILES string of the molecule is Cn1cncc1C1N=C(c2cccc(Cl)c2)c2c(ccc(CN)c2-c2ccc(Cl)cc2)-n2nnnc21. The first-order chi connectivity index (χ1) is 17.5. The van der Waals surface area contributed by atoms with E-state index in [9.17, 15) is 0 Å². The molecule has 2 N–H and O–H groups in total. The van der Waals surface area contributed by atoms with Crippen molar-refractivity contribution in [2.75, 3.05) is 0 Å². The molecule has 8 nitrogen and oxygen atoms in total. The lowest BCUT2D eigenvalue weighted by Crippen LogP contribution is -2.13. The number of hydrogen-bond donors (Lipinski definition) is 1. The number of aromatic nitrogens is 6. The fourth-order valence-electron chi connectivity index (χ4n) is 4.64. The number of aliphatic imine (C=N–C) groups is 1. The van der Waals surface area contributed by atoms with Gasteiger partial charge in [0.1, 0.15) is 0 Å². The van der Waals surface area contributed by atoms with Gasteiger partial charge in [0.15, 0.2) is 11.9 Å². The molecule has 5 aromatic rings. The average Bonchev–Trinajstić information content (AvgIpc) is 3.51. The summed E-state index contributed by atoms with van der Waals surface area (Å²) in [4.78, 5) is 9.60. The molecular weight excluding hydrogens is 495 g/mol. The molecule has 178 valence electrons. The molecule has 0 bridgehead atoms. The summed E-state index contributed by atoms with van der Waals surface area (Å²) in [7, 11) is 1.93. The van der Waals surface area contributed by atoms with Gasteiger partial charge in [-0.05, 0) is 57.4 Å². The van der Waals surface area contributed by atoms with Crippen molar-refractivity contribution in [3.63, 3.8) is 0 Å². The molecule has 10 heteroatoms. The number of nitrogens with zero attached hydrogens (tertiary/aromatic N) is 7. The van der Waals surface area contributed by atoms with Gasteiger partial charge < -0.3 is 10.3 Å². The maximum absolute atomic E-state index is 6.45. The van der Waals surface area contributed by atoms with Crippen LogP contribution in [-0.2, 0) is 13.6 Å². The van der Waals surface area contributed by atoms with Crippen molar-refractivity contribution >= 4 is 28.9 Å². The molecule has 0 amide bonds. The Labute approximate surface area is 217 Å². The lowest BCUT2D eigenvalue weighted by molar-refractivity contribution is 0.679. The summed E-state index contributed by atoms with van der Waals surface area (Å²) in [6.45, 7) is 0.335. The summed E-state index contributed by atoms with van der Waals surface area (Å²) in [5.41, 5.74) is 13.2. The molecule has 36 heavy (non-hydrogen) atoms. The minimum Gasteiger partial charge on any atom is -0.335 e. The van der Waals surface area contributed by atoms with Crippen molar-refractivity contribution in [1.82, 2.24) is 29.8 Å². The van der Waals surface area contributed by atoms with Crippen LogP contribution in [0.3, 0.4) is 0 Å². The van der Waals surface area contributed by atoms with E-state index in [2.05, 4.69) is 20.5 Å². The van der Waals surface area contributed by atoms with Crippen molar-refractivity contribution in [2.45, 2.75) is 12.6 Å². The molecule has 0 spiro atoms. The van der Waals surface area contributed by atoms with Crippen molar-refractivity contribution < 1.29 is 0 Å². The standard InChI is InChI=1S/C26H20Cl2N8/c1-35-14-30-13-21(35)25-26-32-33-34-36(26)20-10-7-17(12-29)22(15-5-8-18(27)9-6-15)23(20)24(31-25)16-3-2-4-19(28)11-16/h2-11,13-14,25H,12,29H2,1H3. The normalized spacial score (nSPS) is 14.7. The van der Waals surface area contributed by atoms with E-state index in [4.69, 9.17) is 33.9 Å². The summed E-state index contributed by atoms with van der Waals surface area (Å²) in [6, 6.07) is 18.8. The first-order valence-electron chi connectivity index (χ1n) is 11.3. The van der Waals surface area contributed by atoms with E-state index in [1.807, 2.05) is 72.3 Å². The number of rotatable bonds is 4. The third-order valence-corrected chi connectivity index (χ3v) is 6.80. The molecule has 1 unspecified atom stereocenters. The van der Waals surface area contributed by atoms with Crippen LogP contribution in [0.5, 0.6) is 0 Å². The summed E-state index contributed by atoms with van der Waals surface area (Å²) >= 11 is 12.7. The summed E-state index contributed by atoms with van der Waals surface area (Å²) in [6.07, 6.45) is 3.52. The number of halogens is 2. The smallest absolute Gasteiger partial charge is 0.187 e. The van der Waals surface area contributed by atoms with Crippen LogP contribution in [0, 0.1) is 0 Å². The zero-order valence-corrected chi connectivity index (χ0v) is 20.7. The van der Waals surface area contributed by atoms with Crippen LogP contribution in [0.4, 0.5) is 0 Å². The molecular formula is C26H20Cl2N8. The van der Waals surface area contributed by atoms with E-state index >= 15 is 0 Å². The third-order valence-electron chi connectivity index (χ3n) is 6.32. The number of nitrogens with two attached hydrogens (primary N) is 1. The van der Waals surface area contributed by atoms with Gasteiger partial charge in [0.25, 0.3) is 0 Å². The number of aryl methyl sites for hydroxylation is 1. The number of hydrogen-bond acceptors (Lipinski definition) is 6. The molecule has 0 fully saturated rings. The predicted octanol–water partition coefficient (Wildman–Crippen LogP) is 4.77. The Morgan fingerprint density at radius 3 is 2.50 bits per heavy atom. The molecule has 0 aliphatic carbocycles. The number of fused-ring (bicyclic) bond motifs is 3. The van der Waals surface area contributed by atoms with Gasteiger partial charge in [0, 0.05) is 34.8 Å². The van der Waals surface area contributed by atoms with Gasteiger partial charge in [0.05, 0.1) is 29.6 Å². The Kier molecular flexibility index (Phi) is 5.64. The summed E-state index contributed by atoms with van der Waals surface area (Å²) < 4.78 is 3.66. The molecule has 3 aromatic carbocycles. The fourth-order valence-corrected chi connectivity index (χ4v) is 4.96. The van der Waals surface area contributed by atoms with Crippen molar-refractivity contribution in [2.24, 2.45) is 17.8 Å². The van der Waals surface area contributed by atoms with Gasteiger partial charge in [-0.1, -0.05) is 53.5 Å². The quantitative estimate of drug-likeness (QED) is 0.372. The van der Waals surface area contributed by atoms with Gasteiger partial charge in [-0.2, -0.15) is 4.68 Å². The number of tetrazole rings is 1. The van der Waals surface area contributed by atoms with E-state index in [0.29, 0.717) is 22.4 Å². The Morgan fingerprint density at radius 2 is 1.78 bits per heavy atom. The van der Waals surface area contributed by atoms with Gasteiger partial charge >= 0.3 is 0 Å². The van der Waals surface area contributed by atoms with Gasteiger partial charge in [-0.25, -0.2) is 4.98 Å². The minimum atomic E-state index is -0.506. The topological polar surface area (TPSA) is 99.8 Å². The van der Waals surface area contributed by atoms with Crippen molar-refractivity contribution in [3.8, 4) is 16.8 Å². The van der Waals surface area contributed by atoms with Crippen LogP contribution in [0.15, 0.2) is 78.2 Å². The predicted molar refractivity (Wildman–Crippen MR) is 140 cm³/mol. The molecule has 0 saturated carbocycles. The summed E-state index contributed by atoms with van der Waals surface area (Å²) in [5, 5.41) is 14.0. The van der Waals surface area contributed by atoms with Crippen LogP contribution in [0.25, 0.3) is 16.8 Å². The maximum Gasteiger partial charge on any atom is 0.187 e. The second kappa shape index (κ2) is 8.98. The lowest BCUT2D eigenvalue weighted by Gasteiger charge is -2.19. The van der Waals surface area contributed by atoms with Crippen LogP contribution < -0.4 is 5.73 Å². The third kappa shape index (κ3) is 3.71. The van der Waals surface area contributed by atoms with E-state index in [1.54, 1.807) is 17.2 Å². The Hall–Kier alpha value is -3.85. The summed E-state index contributed by atoms with van der Waals surface area (Å²) in [5.74, 6) is 0.583. The van der Waals surface area contributed by atoms with Crippen molar-refractivity contribution in [3.05, 3.63) is 111 Å². The van der Waals surface area contributed by atoms with Crippen LogP contribution in [-0.4, -0.2) is 35.5 Å². The first kappa shape index (κ1) is 22.6. The first-order valence-corrected chi connectivity index (χ1v) is 12.0. The maximum atomic E-state index is 6.45. The van der Waals surface area contributed by atoms with Crippen LogP contribution in [0.2, 0.25) is 10.0 Å². The molecule has 3 heterocycles. The van der Waals surface area contributed by atoms with E-state index in [-0.39, 0.29) is 0 Å². The monoisotopic (exact) mass is 514 g/mol. The van der Waals surface area contributed by atoms with Gasteiger partial charge in [-0.3, -0.25) is 4.99 Å². The average molecular weight is 515 g/mol. The highest BCUT2D eigenvalue weighted by molar-refractivity contribution is 6.31. The second-order valence-corrected chi connectivity index (χ2v) is 9.35. The molecule has 1 aliphatic rings. The minimum absolute atomic E-state index is 0.335. The van der Waals surface area contributed by atoms with E-state index < -0.39 is 6.04 Å². The lowest BCUT2D eigenvalue weighted by atomic mass is 9.88. The highest BCUT2D eigenvalue weighted by Gasteiger charge is 2.32. The van der Waals surface area contributed by atoms with E-state index in [0.717, 1.165) is 44.9 Å². The number of benzene rings is 3. The van der Waals surface area contributed by atoms with Crippen LogP contribution >= 0.6 is 23.2 Å². The van der Waals surface area contributed by atoms with Gasteiger partial charge in [0.2, 0.25) is 0 Å². The highest BCUT2D eigenvalue weighted by atomic mass is 35.5. The zero-order valence-electron chi connectivity index (χ0n) is 19.2. The number of imidazole rings is 1. The van der Waals surface area contributed by atoms with E-state index in [1.165, 1.54) is 0 Å². The Morgan fingerprint density at radius 1 is 0.944 bits per heavy atom. The molecule has 1 aliphatic heterocycles. The van der Waals surface area contributed by atoms with Gasteiger partial charge in [-0.15, -0.1) is 5.10 Å². The molecule has 0 saturated heterocycles. The van der Waals surface area contributed by atoms with Crippen molar-refractivity contribution in [1.29, 1.82) is 0 Å². The Bertz CT molecular complexity index is 1620. The molecule has 6 rings (SSSR count). The molecule has 2 aromatic heterocycles. The largest absolute Gasteiger partial charge is 0.335 e. The Balaban J connectivity index is 1.75. The molecule has 0 radical (unpaired) electrons. The van der Waals surface area contributed by atoms with Crippen LogP contribution in [0.1, 0.15) is 34.3 Å². The zero-order chi connectivity index (χ0) is 24.8. The molecule has 1 atom stereocenters. The second-order valence-electron chi connectivity index (χ2n) is 8.47.